The topological polar surface area (TPSA) is 55.7 Å². The van der Waals surface area contributed by atoms with Crippen LogP contribution in [0, 0.1) is 5.82 Å². The molecular weight excluding hydrogens is 259 g/mol. The van der Waals surface area contributed by atoms with Gasteiger partial charge in [-0.3, -0.25) is 4.90 Å². The monoisotopic (exact) mass is 282 g/mol. The van der Waals surface area contributed by atoms with E-state index in [1.165, 1.54) is 12.1 Å². The zero-order valence-corrected chi connectivity index (χ0v) is 11.8. The minimum Gasteiger partial charge on any atom is -0.389 e. The fourth-order valence-corrected chi connectivity index (χ4v) is 2.67. The zero-order valence-electron chi connectivity index (χ0n) is 11.8. The van der Waals surface area contributed by atoms with Gasteiger partial charge >= 0.3 is 0 Å². The van der Waals surface area contributed by atoms with Crippen molar-refractivity contribution < 1.29 is 14.6 Å². The first-order chi connectivity index (χ1) is 9.60. The number of aliphatic hydroxyl groups excluding tert-OH is 2. The Morgan fingerprint density at radius 1 is 1.25 bits per heavy atom. The quantitative estimate of drug-likeness (QED) is 0.726. The van der Waals surface area contributed by atoms with Gasteiger partial charge in [0, 0.05) is 25.7 Å². The summed E-state index contributed by atoms with van der Waals surface area (Å²) < 4.78 is 13.0. The molecule has 1 aromatic rings. The number of likely N-dealkylation sites (tertiary alicyclic amines) is 1. The van der Waals surface area contributed by atoms with Gasteiger partial charge in [-0.15, -0.1) is 0 Å². The van der Waals surface area contributed by atoms with E-state index in [0.29, 0.717) is 13.1 Å². The number of aliphatic hydroxyl groups is 2. The molecule has 0 saturated carbocycles. The molecule has 1 heterocycles. The van der Waals surface area contributed by atoms with Crippen LogP contribution in [0.5, 0.6) is 0 Å². The molecule has 5 heteroatoms. The number of nitrogens with one attached hydrogen (secondary N) is 1. The van der Waals surface area contributed by atoms with Crippen molar-refractivity contribution in [2.45, 2.75) is 31.6 Å². The van der Waals surface area contributed by atoms with Crippen LogP contribution in [-0.2, 0) is 0 Å². The first kappa shape index (κ1) is 15.4. The molecule has 3 unspecified atom stereocenters. The first-order valence-corrected chi connectivity index (χ1v) is 7.17. The minimum atomic E-state index is -0.640. The summed E-state index contributed by atoms with van der Waals surface area (Å²) in [7, 11) is 0. The minimum absolute atomic E-state index is 0.162. The first-order valence-electron chi connectivity index (χ1n) is 7.17. The van der Waals surface area contributed by atoms with E-state index in [1.807, 2.05) is 6.92 Å². The van der Waals surface area contributed by atoms with Gasteiger partial charge in [-0.2, -0.15) is 0 Å². The molecule has 4 nitrogen and oxygen atoms in total. The Hall–Kier alpha value is -1.01. The molecule has 3 atom stereocenters. The van der Waals surface area contributed by atoms with E-state index in [4.69, 9.17) is 0 Å². The Morgan fingerprint density at radius 3 is 2.40 bits per heavy atom. The number of benzene rings is 1. The number of nitrogens with zero attached hydrogens (tertiary/aromatic N) is 1. The summed E-state index contributed by atoms with van der Waals surface area (Å²) in [6.45, 7) is 4.71. The molecule has 0 aromatic heterocycles. The molecule has 20 heavy (non-hydrogen) atoms. The molecule has 0 radical (unpaired) electrons. The van der Waals surface area contributed by atoms with E-state index in [1.54, 1.807) is 12.1 Å². The molecule has 2 rings (SSSR count). The number of β-amino-alcohol motifs (C(OH)–C–C–N with tert-alkyl or cyclic N) is 2. The van der Waals surface area contributed by atoms with Crippen molar-refractivity contribution in [3.8, 4) is 0 Å². The maximum Gasteiger partial charge on any atom is 0.123 e. The number of hydrogen-bond acceptors (Lipinski definition) is 4. The Bertz CT molecular complexity index is 403. The fraction of sp³-hybridized carbons (Fsp3) is 0.600. The van der Waals surface area contributed by atoms with Gasteiger partial charge in [0.1, 0.15) is 5.82 Å². The highest BCUT2D eigenvalue weighted by Gasteiger charge is 2.29. The second-order valence-electron chi connectivity index (χ2n) is 5.34. The lowest BCUT2D eigenvalue weighted by atomic mass is 10.0. The largest absolute Gasteiger partial charge is 0.389 e. The van der Waals surface area contributed by atoms with Gasteiger partial charge in [0.25, 0.3) is 0 Å². The van der Waals surface area contributed by atoms with E-state index in [0.717, 1.165) is 25.1 Å². The highest BCUT2D eigenvalue weighted by atomic mass is 19.1. The van der Waals surface area contributed by atoms with Crippen LogP contribution in [0.4, 0.5) is 4.39 Å². The molecule has 112 valence electrons. The Balaban J connectivity index is 1.91. The van der Waals surface area contributed by atoms with E-state index in [9.17, 15) is 14.6 Å². The standard InChI is InChI=1S/C15H23FN2O2/c1-2-17-13(11-3-5-12(16)6-4-11)7-8-18-9-14(19)15(20)10-18/h3-6,13-15,17,19-20H,2,7-10H2,1H3. The van der Waals surface area contributed by atoms with Gasteiger partial charge in [0.2, 0.25) is 0 Å². The van der Waals surface area contributed by atoms with Gasteiger partial charge in [0.15, 0.2) is 0 Å². The van der Waals surface area contributed by atoms with Crippen LogP contribution < -0.4 is 5.32 Å². The summed E-state index contributed by atoms with van der Waals surface area (Å²) in [5.41, 5.74) is 1.06. The predicted octanol–water partition coefficient (Wildman–Crippen LogP) is 0.904. The summed E-state index contributed by atoms with van der Waals surface area (Å²) in [6.07, 6.45) is -0.421. The Kier molecular flexibility index (Phi) is 5.48. The van der Waals surface area contributed by atoms with Crippen molar-refractivity contribution in [1.82, 2.24) is 10.2 Å². The molecule has 1 aliphatic rings. The van der Waals surface area contributed by atoms with Crippen molar-refractivity contribution in [2.24, 2.45) is 0 Å². The molecule has 3 N–H and O–H groups in total. The lowest BCUT2D eigenvalue weighted by Crippen LogP contribution is -2.29. The van der Waals surface area contributed by atoms with Crippen LogP contribution in [0.15, 0.2) is 24.3 Å². The molecule has 0 aliphatic carbocycles. The molecule has 0 spiro atoms. The molecule has 1 saturated heterocycles. The van der Waals surface area contributed by atoms with Crippen LogP contribution in [0.3, 0.4) is 0 Å². The van der Waals surface area contributed by atoms with Crippen molar-refractivity contribution in [3.63, 3.8) is 0 Å². The van der Waals surface area contributed by atoms with Crippen molar-refractivity contribution in [1.29, 1.82) is 0 Å². The number of hydrogen-bond donors (Lipinski definition) is 3. The second kappa shape index (κ2) is 7.13. The van der Waals surface area contributed by atoms with Gasteiger partial charge in [-0.05, 0) is 30.7 Å². The average Bonchev–Trinajstić information content (AvgIpc) is 2.75. The Labute approximate surface area is 119 Å². The van der Waals surface area contributed by atoms with Gasteiger partial charge in [0.05, 0.1) is 12.2 Å². The molecule has 1 fully saturated rings. The van der Waals surface area contributed by atoms with Crippen molar-refractivity contribution >= 4 is 0 Å². The molecular formula is C15H23FN2O2. The maximum absolute atomic E-state index is 13.0. The zero-order chi connectivity index (χ0) is 14.5. The summed E-state index contributed by atoms with van der Waals surface area (Å²) >= 11 is 0. The van der Waals surface area contributed by atoms with Crippen LogP contribution in [-0.4, -0.2) is 53.5 Å². The summed E-state index contributed by atoms with van der Waals surface area (Å²) in [5.74, 6) is -0.227. The van der Waals surface area contributed by atoms with Crippen molar-refractivity contribution in [3.05, 3.63) is 35.6 Å². The SMILES string of the molecule is CCNC(CCN1CC(O)C(O)C1)c1ccc(F)cc1. The number of rotatable bonds is 6. The lowest BCUT2D eigenvalue weighted by Gasteiger charge is -2.22. The van der Waals surface area contributed by atoms with Crippen LogP contribution >= 0.6 is 0 Å². The lowest BCUT2D eigenvalue weighted by molar-refractivity contribution is 0.0572. The van der Waals surface area contributed by atoms with E-state index < -0.39 is 12.2 Å². The number of halogens is 1. The maximum atomic E-state index is 13.0. The van der Waals surface area contributed by atoms with E-state index in [-0.39, 0.29) is 11.9 Å². The molecule has 0 bridgehead atoms. The normalized spacial score (nSPS) is 25.0. The summed E-state index contributed by atoms with van der Waals surface area (Å²) in [4.78, 5) is 2.06. The average molecular weight is 282 g/mol. The predicted molar refractivity (Wildman–Crippen MR) is 75.9 cm³/mol. The van der Waals surface area contributed by atoms with Crippen LogP contribution in [0.1, 0.15) is 24.9 Å². The van der Waals surface area contributed by atoms with Gasteiger partial charge in [-0.25, -0.2) is 4.39 Å². The smallest absolute Gasteiger partial charge is 0.123 e. The van der Waals surface area contributed by atoms with Gasteiger partial charge < -0.3 is 15.5 Å². The van der Waals surface area contributed by atoms with Crippen LogP contribution in [0.25, 0.3) is 0 Å². The summed E-state index contributed by atoms with van der Waals surface area (Å²) in [5, 5.41) is 22.5. The van der Waals surface area contributed by atoms with Crippen molar-refractivity contribution in [2.75, 3.05) is 26.2 Å². The summed E-state index contributed by atoms with van der Waals surface area (Å²) in [6, 6.07) is 6.72. The third-order valence-corrected chi connectivity index (χ3v) is 3.79. The third-order valence-electron chi connectivity index (χ3n) is 3.79. The highest BCUT2D eigenvalue weighted by Crippen LogP contribution is 2.19. The molecule has 0 amide bonds. The van der Waals surface area contributed by atoms with E-state index >= 15 is 0 Å². The fourth-order valence-electron chi connectivity index (χ4n) is 2.67. The van der Waals surface area contributed by atoms with Gasteiger partial charge in [-0.1, -0.05) is 19.1 Å². The Morgan fingerprint density at radius 2 is 1.85 bits per heavy atom. The van der Waals surface area contributed by atoms with Crippen LogP contribution in [0.2, 0.25) is 0 Å². The molecule has 1 aliphatic heterocycles. The highest BCUT2D eigenvalue weighted by molar-refractivity contribution is 5.20. The van der Waals surface area contributed by atoms with E-state index in [2.05, 4.69) is 10.2 Å². The molecule has 1 aromatic carbocycles. The second-order valence-corrected chi connectivity index (χ2v) is 5.34. The third kappa shape index (κ3) is 3.99.